The first-order valence-corrected chi connectivity index (χ1v) is 14.0. The molecule has 0 radical (unpaired) electrons. The molecule has 0 spiro atoms. The van der Waals surface area contributed by atoms with Gasteiger partial charge in [-0.3, -0.25) is 14.6 Å². The smallest absolute Gasteiger partial charge is 0.276 e. The van der Waals surface area contributed by atoms with Crippen LogP contribution in [0.2, 0.25) is 0 Å². The van der Waals surface area contributed by atoms with E-state index in [1.54, 1.807) is 24.5 Å². The van der Waals surface area contributed by atoms with Crippen LogP contribution in [-0.4, -0.2) is 48.5 Å². The summed E-state index contributed by atoms with van der Waals surface area (Å²) in [4.78, 5) is 22.2. The molecule has 0 unspecified atom stereocenters. The minimum Gasteiger partial charge on any atom is -0.395 e. The number of pyridine rings is 1. The summed E-state index contributed by atoms with van der Waals surface area (Å²) < 4.78 is 29.4. The molecule has 9 nitrogen and oxygen atoms in total. The molecule has 1 aliphatic carbocycles. The van der Waals surface area contributed by atoms with Crippen molar-refractivity contribution < 1.29 is 23.2 Å². The van der Waals surface area contributed by atoms with E-state index >= 15 is 0 Å². The SMILES string of the molecule is O=C(NOCC1CC1)c1ccc(S(=O)(=O)N(CCO)Cc2ccncc2)cc1Nc1ccc(I)cc1. The van der Waals surface area contributed by atoms with Gasteiger partial charge < -0.3 is 10.4 Å². The van der Waals surface area contributed by atoms with Gasteiger partial charge in [0.15, 0.2) is 0 Å². The van der Waals surface area contributed by atoms with Gasteiger partial charge in [0.1, 0.15) is 0 Å². The summed E-state index contributed by atoms with van der Waals surface area (Å²) in [6.07, 6.45) is 5.35. The lowest BCUT2D eigenvalue weighted by atomic mass is 10.1. The molecule has 3 N–H and O–H groups in total. The van der Waals surface area contributed by atoms with E-state index in [2.05, 4.69) is 38.4 Å². The number of hydroxylamine groups is 1. The molecule has 1 saturated carbocycles. The molecule has 1 aliphatic rings. The van der Waals surface area contributed by atoms with Crippen molar-refractivity contribution in [1.29, 1.82) is 0 Å². The lowest BCUT2D eigenvalue weighted by molar-refractivity contribution is 0.0271. The zero-order valence-electron chi connectivity index (χ0n) is 19.4. The number of hydrogen-bond donors (Lipinski definition) is 3. The van der Waals surface area contributed by atoms with Crippen LogP contribution in [0, 0.1) is 9.49 Å². The molecule has 0 saturated heterocycles. The molecule has 4 rings (SSSR count). The second-order valence-electron chi connectivity index (χ2n) is 8.44. The maximum absolute atomic E-state index is 13.6. The zero-order valence-corrected chi connectivity index (χ0v) is 22.4. The number of carbonyl (C=O) groups is 1. The van der Waals surface area contributed by atoms with Crippen molar-refractivity contribution in [3.8, 4) is 0 Å². The Labute approximate surface area is 224 Å². The maximum atomic E-state index is 13.6. The molecule has 0 bridgehead atoms. The fourth-order valence-corrected chi connectivity index (χ4v) is 5.28. The van der Waals surface area contributed by atoms with Crippen LogP contribution >= 0.6 is 22.6 Å². The summed E-state index contributed by atoms with van der Waals surface area (Å²) in [5.74, 6) is -0.00304. The van der Waals surface area contributed by atoms with Crippen LogP contribution in [-0.2, 0) is 21.4 Å². The average Bonchev–Trinajstić information content (AvgIpc) is 3.70. The molecule has 36 heavy (non-hydrogen) atoms. The van der Waals surface area contributed by atoms with Gasteiger partial charge in [-0.25, -0.2) is 13.9 Å². The predicted octanol–water partition coefficient (Wildman–Crippen LogP) is 3.68. The van der Waals surface area contributed by atoms with Crippen LogP contribution in [0.4, 0.5) is 11.4 Å². The third kappa shape index (κ3) is 7.01. The number of aliphatic hydroxyl groups excluding tert-OH is 1. The third-order valence-corrected chi connectivity index (χ3v) is 8.20. The second kappa shape index (κ2) is 12.1. The van der Waals surface area contributed by atoms with Gasteiger partial charge >= 0.3 is 0 Å². The number of amides is 1. The lowest BCUT2D eigenvalue weighted by Gasteiger charge is -2.22. The van der Waals surface area contributed by atoms with Gasteiger partial charge in [-0.2, -0.15) is 4.31 Å². The first-order valence-electron chi connectivity index (χ1n) is 11.5. The first kappa shape index (κ1) is 26.5. The van der Waals surface area contributed by atoms with Gasteiger partial charge in [0.05, 0.1) is 29.4 Å². The number of hydrogen-bond acceptors (Lipinski definition) is 7. The Morgan fingerprint density at radius 1 is 1.11 bits per heavy atom. The minimum absolute atomic E-state index is 0.00605. The highest BCUT2D eigenvalue weighted by atomic mass is 127. The Morgan fingerprint density at radius 2 is 1.83 bits per heavy atom. The molecule has 2 aromatic carbocycles. The van der Waals surface area contributed by atoms with Crippen molar-refractivity contribution in [3.63, 3.8) is 0 Å². The van der Waals surface area contributed by atoms with Crippen molar-refractivity contribution in [2.45, 2.75) is 24.3 Å². The van der Waals surface area contributed by atoms with Crippen LogP contribution in [0.1, 0.15) is 28.8 Å². The molecule has 1 heterocycles. The van der Waals surface area contributed by atoms with Gasteiger partial charge in [0, 0.05) is 34.7 Å². The summed E-state index contributed by atoms with van der Waals surface area (Å²) in [6.45, 7) is 0.102. The van der Waals surface area contributed by atoms with Crippen molar-refractivity contribution >= 4 is 49.9 Å². The van der Waals surface area contributed by atoms with Crippen LogP contribution in [0.3, 0.4) is 0 Å². The van der Waals surface area contributed by atoms with E-state index in [0.29, 0.717) is 23.9 Å². The average molecular weight is 622 g/mol. The molecular weight excluding hydrogens is 595 g/mol. The molecule has 3 aromatic rings. The number of anilines is 2. The molecular formula is C25H27IN4O5S. The summed E-state index contributed by atoms with van der Waals surface area (Å²) in [6, 6.07) is 15.2. The lowest BCUT2D eigenvalue weighted by Crippen LogP contribution is -2.33. The van der Waals surface area contributed by atoms with E-state index in [9.17, 15) is 18.3 Å². The van der Waals surface area contributed by atoms with Gasteiger partial charge in [0.25, 0.3) is 5.91 Å². The number of sulfonamides is 1. The molecule has 1 amide bonds. The Kier molecular flexibility index (Phi) is 8.90. The van der Waals surface area contributed by atoms with Crippen molar-refractivity contribution in [2.24, 2.45) is 5.92 Å². The highest BCUT2D eigenvalue weighted by molar-refractivity contribution is 14.1. The Morgan fingerprint density at radius 3 is 2.50 bits per heavy atom. The third-order valence-electron chi connectivity index (χ3n) is 5.64. The van der Waals surface area contributed by atoms with E-state index in [4.69, 9.17) is 4.84 Å². The number of aromatic nitrogens is 1. The largest absolute Gasteiger partial charge is 0.395 e. The maximum Gasteiger partial charge on any atom is 0.276 e. The number of halogens is 1. The highest BCUT2D eigenvalue weighted by Gasteiger charge is 2.27. The molecule has 190 valence electrons. The van der Waals surface area contributed by atoms with Crippen LogP contribution in [0.15, 0.2) is 71.9 Å². The summed E-state index contributed by atoms with van der Waals surface area (Å²) in [5.41, 5.74) is 4.45. The molecule has 0 aliphatic heterocycles. The number of aliphatic hydroxyl groups is 1. The van der Waals surface area contributed by atoms with Gasteiger partial charge in [-0.15, -0.1) is 0 Å². The monoisotopic (exact) mass is 622 g/mol. The number of rotatable bonds is 12. The Hall–Kier alpha value is -2.58. The van der Waals surface area contributed by atoms with E-state index in [1.165, 1.54) is 22.5 Å². The van der Waals surface area contributed by atoms with Crippen molar-refractivity contribution in [2.75, 3.05) is 25.1 Å². The molecule has 11 heteroatoms. The molecule has 1 fully saturated rings. The minimum atomic E-state index is -4.00. The highest BCUT2D eigenvalue weighted by Crippen LogP contribution is 2.29. The number of carbonyl (C=O) groups excluding carboxylic acids is 1. The van der Waals surface area contributed by atoms with Crippen LogP contribution in [0.5, 0.6) is 0 Å². The Bertz CT molecular complexity index is 1290. The van der Waals surface area contributed by atoms with Crippen LogP contribution < -0.4 is 10.8 Å². The van der Waals surface area contributed by atoms with E-state index in [1.807, 2.05) is 24.3 Å². The summed E-state index contributed by atoms with van der Waals surface area (Å²) >= 11 is 2.19. The van der Waals surface area contributed by atoms with Gasteiger partial charge in [-0.05, 0) is 102 Å². The van der Waals surface area contributed by atoms with Crippen molar-refractivity contribution in [1.82, 2.24) is 14.8 Å². The number of nitrogens with zero attached hydrogens (tertiary/aromatic N) is 2. The number of nitrogens with one attached hydrogen (secondary N) is 2. The second-order valence-corrected chi connectivity index (χ2v) is 11.6. The zero-order chi connectivity index (χ0) is 25.5. The fraction of sp³-hybridized carbons (Fsp3) is 0.280. The normalized spacial score (nSPS) is 13.5. The van der Waals surface area contributed by atoms with E-state index in [0.717, 1.165) is 22.0 Å². The predicted molar refractivity (Wildman–Crippen MR) is 144 cm³/mol. The first-order chi connectivity index (χ1) is 17.4. The fourth-order valence-electron chi connectivity index (χ4n) is 3.48. The summed E-state index contributed by atoms with van der Waals surface area (Å²) in [5, 5.41) is 12.7. The van der Waals surface area contributed by atoms with Gasteiger partial charge in [-0.1, -0.05) is 0 Å². The topological polar surface area (TPSA) is 121 Å². The summed E-state index contributed by atoms with van der Waals surface area (Å²) in [7, 11) is -4.00. The number of benzene rings is 2. The van der Waals surface area contributed by atoms with Gasteiger partial charge in [0.2, 0.25) is 10.0 Å². The molecule has 0 atom stereocenters. The van der Waals surface area contributed by atoms with E-state index < -0.39 is 15.9 Å². The standard InChI is InChI=1S/C25H27IN4O5S/c26-20-3-5-21(6-4-20)28-24-15-22(7-8-23(24)25(32)29-35-17-19-1-2-19)36(33,34)30(13-14-31)16-18-9-11-27-12-10-18/h3-12,15,19,28,31H,1-2,13-14,16-17H2,(H,29,32). The van der Waals surface area contributed by atoms with E-state index in [-0.39, 0.29) is 30.2 Å². The Balaban J connectivity index is 1.64. The molecule has 1 aromatic heterocycles. The quantitative estimate of drug-likeness (QED) is 0.208. The van der Waals surface area contributed by atoms with Crippen LogP contribution in [0.25, 0.3) is 0 Å². The van der Waals surface area contributed by atoms with Crippen molar-refractivity contribution in [3.05, 3.63) is 81.7 Å².